The molecule has 3 aliphatic rings. The monoisotopic (exact) mass is 422 g/mol. The second-order valence-electron chi connectivity index (χ2n) is 8.60. The summed E-state index contributed by atoms with van der Waals surface area (Å²) in [6.07, 6.45) is 15.1. The van der Waals surface area contributed by atoms with Crippen LogP contribution in [0.3, 0.4) is 0 Å². The molecule has 5 heteroatoms. The summed E-state index contributed by atoms with van der Waals surface area (Å²) < 4.78 is 18.2. The predicted molar refractivity (Wildman–Crippen MR) is 119 cm³/mol. The van der Waals surface area contributed by atoms with Gasteiger partial charge in [-0.25, -0.2) is 0 Å². The number of aliphatic hydroxyl groups is 1. The van der Waals surface area contributed by atoms with Crippen LogP contribution in [0.25, 0.3) is 0 Å². The SMILES string of the molecule is C/C=C/C1OC(=O)CC2CC(O)C[C@H](CC3CCC[C@H](CC/C=C/C1C)O3)O2.CC. The fourth-order valence-corrected chi connectivity index (χ4v) is 4.63. The molecule has 0 aromatic carbocycles. The number of fused-ring (bicyclic) bond motifs is 4. The number of aliphatic hydroxyl groups excluding tert-OH is 1. The third-order valence-electron chi connectivity index (χ3n) is 6.07. The molecule has 30 heavy (non-hydrogen) atoms. The van der Waals surface area contributed by atoms with E-state index in [1.807, 2.05) is 32.9 Å². The highest BCUT2D eigenvalue weighted by Gasteiger charge is 2.34. The number of hydrogen-bond donors (Lipinski definition) is 1. The Labute approximate surface area is 182 Å². The molecular weight excluding hydrogens is 380 g/mol. The topological polar surface area (TPSA) is 65.0 Å². The van der Waals surface area contributed by atoms with Gasteiger partial charge in [0.25, 0.3) is 0 Å². The maximum absolute atomic E-state index is 12.5. The summed E-state index contributed by atoms with van der Waals surface area (Å²) in [5.74, 6) is -0.152. The van der Waals surface area contributed by atoms with Crippen LogP contribution in [-0.2, 0) is 19.0 Å². The molecule has 172 valence electrons. The van der Waals surface area contributed by atoms with Crippen molar-refractivity contribution in [3.63, 3.8) is 0 Å². The Hall–Kier alpha value is -1.17. The smallest absolute Gasteiger partial charge is 0.309 e. The number of esters is 1. The second-order valence-corrected chi connectivity index (χ2v) is 8.60. The standard InChI is InChI=1S/C23H36O5.C2H6/c1-3-7-22-16(2)8-4-5-9-18-10-6-11-19(26-18)14-20-12-17(24)13-21(27-20)15-23(25)28-22;1-2/h3-4,7-8,16-22,24H,5-6,9-15H2,1-2H3;1-2H3/b7-3+,8-4+;/t16?,17?,18-,19?,20+,21?,22?;/m0./s1. The maximum Gasteiger partial charge on any atom is 0.309 e. The molecule has 2 saturated heterocycles. The van der Waals surface area contributed by atoms with E-state index >= 15 is 0 Å². The van der Waals surface area contributed by atoms with Crippen molar-refractivity contribution < 1.29 is 24.1 Å². The molecule has 4 bridgehead atoms. The first kappa shape index (κ1) is 25.1. The van der Waals surface area contributed by atoms with E-state index in [4.69, 9.17) is 14.2 Å². The van der Waals surface area contributed by atoms with Gasteiger partial charge in [0, 0.05) is 12.3 Å². The third-order valence-corrected chi connectivity index (χ3v) is 6.07. The van der Waals surface area contributed by atoms with Gasteiger partial charge in [-0.3, -0.25) is 4.79 Å². The largest absolute Gasteiger partial charge is 0.457 e. The van der Waals surface area contributed by atoms with Gasteiger partial charge in [0.1, 0.15) is 6.10 Å². The minimum Gasteiger partial charge on any atom is -0.457 e. The minimum absolute atomic E-state index is 0.0524. The van der Waals surface area contributed by atoms with Gasteiger partial charge in [-0.05, 0) is 57.9 Å². The Morgan fingerprint density at radius 1 is 1.00 bits per heavy atom. The molecule has 7 atom stereocenters. The van der Waals surface area contributed by atoms with Crippen LogP contribution in [0.15, 0.2) is 24.3 Å². The zero-order valence-corrected chi connectivity index (χ0v) is 19.3. The quantitative estimate of drug-likeness (QED) is 0.470. The van der Waals surface area contributed by atoms with E-state index in [0.717, 1.165) is 32.1 Å². The lowest BCUT2D eigenvalue weighted by molar-refractivity contribution is -0.160. The van der Waals surface area contributed by atoms with Crippen molar-refractivity contribution in [3.05, 3.63) is 24.3 Å². The number of ether oxygens (including phenoxy) is 3. The molecule has 0 amide bonds. The zero-order chi connectivity index (χ0) is 21.9. The van der Waals surface area contributed by atoms with Crippen LogP contribution in [0.4, 0.5) is 0 Å². The van der Waals surface area contributed by atoms with Crippen molar-refractivity contribution in [1.29, 1.82) is 0 Å². The highest BCUT2D eigenvalue weighted by atomic mass is 16.6. The summed E-state index contributed by atoms with van der Waals surface area (Å²) in [5, 5.41) is 10.3. The number of allylic oxidation sites excluding steroid dienone is 2. The number of cyclic esters (lactones) is 1. The molecule has 0 radical (unpaired) electrons. The lowest BCUT2D eigenvalue weighted by Gasteiger charge is -2.37. The lowest BCUT2D eigenvalue weighted by Crippen LogP contribution is -2.40. The van der Waals surface area contributed by atoms with E-state index in [2.05, 4.69) is 19.1 Å². The summed E-state index contributed by atoms with van der Waals surface area (Å²) in [6, 6.07) is 0. The van der Waals surface area contributed by atoms with Gasteiger partial charge in [-0.15, -0.1) is 0 Å². The van der Waals surface area contributed by atoms with Gasteiger partial charge >= 0.3 is 5.97 Å². The van der Waals surface area contributed by atoms with E-state index in [-0.39, 0.29) is 42.7 Å². The van der Waals surface area contributed by atoms with Crippen molar-refractivity contribution in [1.82, 2.24) is 0 Å². The first-order chi connectivity index (χ1) is 14.5. The van der Waals surface area contributed by atoms with Crippen molar-refractivity contribution in [3.8, 4) is 0 Å². The average Bonchev–Trinajstić information content (AvgIpc) is 2.71. The highest BCUT2D eigenvalue weighted by molar-refractivity contribution is 5.70. The summed E-state index contributed by atoms with van der Waals surface area (Å²) in [4.78, 5) is 12.5. The summed E-state index contributed by atoms with van der Waals surface area (Å²) in [5.41, 5.74) is 0. The fourth-order valence-electron chi connectivity index (χ4n) is 4.63. The summed E-state index contributed by atoms with van der Waals surface area (Å²) in [6.45, 7) is 8.01. The molecule has 5 unspecified atom stereocenters. The van der Waals surface area contributed by atoms with Crippen LogP contribution in [0.2, 0.25) is 0 Å². The highest BCUT2D eigenvalue weighted by Crippen LogP contribution is 2.31. The molecule has 0 aliphatic carbocycles. The molecule has 1 N–H and O–H groups in total. The van der Waals surface area contributed by atoms with Crippen molar-refractivity contribution in [2.24, 2.45) is 5.92 Å². The first-order valence-electron chi connectivity index (χ1n) is 12.0. The Morgan fingerprint density at radius 3 is 2.47 bits per heavy atom. The molecule has 0 saturated carbocycles. The van der Waals surface area contributed by atoms with E-state index in [9.17, 15) is 9.90 Å². The maximum atomic E-state index is 12.5. The van der Waals surface area contributed by atoms with Gasteiger partial charge in [-0.2, -0.15) is 0 Å². The van der Waals surface area contributed by atoms with Crippen molar-refractivity contribution in [2.75, 3.05) is 0 Å². The predicted octanol–water partition coefficient (Wildman–Crippen LogP) is 5.11. The summed E-state index contributed by atoms with van der Waals surface area (Å²) >= 11 is 0. The normalized spacial score (nSPS) is 39.5. The summed E-state index contributed by atoms with van der Waals surface area (Å²) in [7, 11) is 0. The van der Waals surface area contributed by atoms with Crippen LogP contribution in [-0.4, -0.2) is 47.7 Å². The molecule has 5 nitrogen and oxygen atoms in total. The molecule has 3 heterocycles. The van der Waals surface area contributed by atoms with Crippen molar-refractivity contribution in [2.45, 2.75) is 122 Å². The van der Waals surface area contributed by atoms with E-state index in [1.165, 1.54) is 6.42 Å². The molecular formula is C25H42O5. The third kappa shape index (κ3) is 8.16. The van der Waals surface area contributed by atoms with Gasteiger partial charge in [0.05, 0.1) is 36.9 Å². The number of hydrogen-bond acceptors (Lipinski definition) is 5. The number of carbonyl (C=O) groups excluding carboxylic acids is 1. The van der Waals surface area contributed by atoms with Crippen LogP contribution < -0.4 is 0 Å². The van der Waals surface area contributed by atoms with Gasteiger partial charge in [0.15, 0.2) is 0 Å². The Bertz CT molecular complexity index is 558. The average molecular weight is 423 g/mol. The number of carbonyl (C=O) groups is 1. The van der Waals surface area contributed by atoms with Gasteiger partial charge in [0.2, 0.25) is 0 Å². The van der Waals surface area contributed by atoms with Gasteiger partial charge in [-0.1, -0.05) is 39.0 Å². The van der Waals surface area contributed by atoms with Gasteiger partial charge < -0.3 is 19.3 Å². The Kier molecular flexibility index (Phi) is 11.1. The Morgan fingerprint density at radius 2 is 1.70 bits per heavy atom. The van der Waals surface area contributed by atoms with Crippen LogP contribution in [0.5, 0.6) is 0 Å². The molecule has 0 aromatic heterocycles. The van der Waals surface area contributed by atoms with E-state index in [0.29, 0.717) is 18.9 Å². The second kappa shape index (κ2) is 13.3. The fraction of sp³-hybridized carbons (Fsp3) is 0.800. The van der Waals surface area contributed by atoms with Crippen LogP contribution in [0, 0.1) is 5.92 Å². The molecule has 0 aromatic rings. The molecule has 3 rings (SSSR count). The molecule has 2 fully saturated rings. The van der Waals surface area contributed by atoms with Crippen LogP contribution in [0.1, 0.15) is 85.5 Å². The molecule has 3 aliphatic heterocycles. The van der Waals surface area contributed by atoms with E-state index in [1.54, 1.807) is 0 Å². The van der Waals surface area contributed by atoms with Crippen molar-refractivity contribution >= 4 is 5.97 Å². The lowest BCUT2D eigenvalue weighted by atomic mass is 9.92. The van der Waals surface area contributed by atoms with E-state index < -0.39 is 6.10 Å². The number of rotatable bonds is 1. The molecule has 0 spiro atoms. The minimum atomic E-state index is -0.428. The Balaban J connectivity index is 0.00000155. The first-order valence-corrected chi connectivity index (χ1v) is 12.0. The zero-order valence-electron chi connectivity index (χ0n) is 19.3. The van der Waals surface area contributed by atoms with Crippen LogP contribution >= 0.6 is 0 Å².